The van der Waals surface area contributed by atoms with Gasteiger partial charge >= 0.3 is 0 Å². The molecular formula is C10H18O3S. The van der Waals surface area contributed by atoms with Crippen molar-refractivity contribution in [1.29, 1.82) is 0 Å². The van der Waals surface area contributed by atoms with E-state index in [0.717, 1.165) is 6.42 Å². The van der Waals surface area contributed by atoms with Crippen molar-refractivity contribution in [2.24, 2.45) is 23.2 Å². The highest BCUT2D eigenvalue weighted by atomic mass is 32.2. The average Bonchev–Trinajstić information content (AvgIpc) is 2.67. The summed E-state index contributed by atoms with van der Waals surface area (Å²) in [5.74, 6) is 1.32. The van der Waals surface area contributed by atoms with Crippen molar-refractivity contribution in [3.8, 4) is 0 Å². The second-order valence-electron chi connectivity index (χ2n) is 5.29. The minimum Gasteiger partial charge on any atom is -0.285 e. The molecule has 0 aliphatic heterocycles. The predicted molar refractivity (Wildman–Crippen MR) is 54.5 cm³/mol. The van der Waals surface area contributed by atoms with Crippen LogP contribution in [0.2, 0.25) is 0 Å². The van der Waals surface area contributed by atoms with Crippen LogP contribution in [0.5, 0.6) is 0 Å². The van der Waals surface area contributed by atoms with Crippen LogP contribution < -0.4 is 0 Å². The van der Waals surface area contributed by atoms with Crippen LogP contribution in [0.4, 0.5) is 0 Å². The Bertz CT molecular complexity index is 346. The molecule has 0 aromatic rings. The van der Waals surface area contributed by atoms with E-state index in [0.29, 0.717) is 24.2 Å². The second kappa shape index (κ2) is 2.73. The smallest absolute Gasteiger partial charge is 0.268 e. The fraction of sp³-hybridized carbons (Fsp3) is 1.00. The number of fused-ring (bicyclic) bond motifs is 1. The molecule has 0 spiro atoms. The highest BCUT2D eigenvalue weighted by Crippen LogP contribution is 2.70. The van der Waals surface area contributed by atoms with E-state index < -0.39 is 15.4 Å². The van der Waals surface area contributed by atoms with Gasteiger partial charge in [0.05, 0.1) is 5.25 Å². The quantitative estimate of drug-likeness (QED) is 0.721. The summed E-state index contributed by atoms with van der Waals surface area (Å²) in [5.41, 5.74) is -0.104. The maximum atomic E-state index is 11.3. The zero-order valence-electron chi connectivity index (χ0n) is 8.90. The van der Waals surface area contributed by atoms with E-state index in [1.54, 1.807) is 0 Å². The molecule has 1 N–H and O–H groups in total. The predicted octanol–water partition coefficient (Wildman–Crippen LogP) is 1.94. The first-order chi connectivity index (χ1) is 6.30. The summed E-state index contributed by atoms with van der Waals surface area (Å²) in [5, 5.41) is -0.505. The molecule has 0 aromatic carbocycles. The van der Waals surface area contributed by atoms with Crippen molar-refractivity contribution >= 4 is 10.1 Å². The molecule has 82 valence electrons. The van der Waals surface area contributed by atoms with E-state index in [-0.39, 0.29) is 5.41 Å². The SMILES string of the molecule is CC1CC(S(=O)(=O)O)C2(C(C)C)CC12. The van der Waals surface area contributed by atoms with E-state index >= 15 is 0 Å². The molecule has 0 heterocycles. The first kappa shape index (κ1) is 10.4. The molecule has 0 aromatic heterocycles. The molecule has 4 unspecified atom stereocenters. The van der Waals surface area contributed by atoms with Gasteiger partial charge in [-0.1, -0.05) is 20.8 Å². The molecule has 4 atom stereocenters. The Morgan fingerprint density at radius 1 is 1.43 bits per heavy atom. The van der Waals surface area contributed by atoms with Crippen LogP contribution in [0.15, 0.2) is 0 Å². The zero-order chi connectivity index (χ0) is 10.7. The van der Waals surface area contributed by atoms with Crippen LogP contribution in [0.1, 0.15) is 33.6 Å². The van der Waals surface area contributed by atoms with Crippen LogP contribution in [0.25, 0.3) is 0 Å². The monoisotopic (exact) mass is 218 g/mol. The van der Waals surface area contributed by atoms with Crippen molar-refractivity contribution in [2.45, 2.75) is 38.9 Å². The summed E-state index contributed by atoms with van der Waals surface area (Å²) in [6.45, 7) is 6.23. The largest absolute Gasteiger partial charge is 0.285 e. The highest BCUT2D eigenvalue weighted by molar-refractivity contribution is 7.86. The minimum atomic E-state index is -3.85. The van der Waals surface area contributed by atoms with E-state index in [2.05, 4.69) is 20.8 Å². The van der Waals surface area contributed by atoms with Gasteiger partial charge in [0, 0.05) is 0 Å². The number of rotatable bonds is 2. The second-order valence-corrected chi connectivity index (χ2v) is 6.89. The Labute approximate surface area is 85.6 Å². The molecule has 2 aliphatic carbocycles. The number of hydrogen-bond donors (Lipinski definition) is 1. The van der Waals surface area contributed by atoms with Crippen LogP contribution in [0, 0.1) is 23.2 Å². The highest BCUT2D eigenvalue weighted by Gasteiger charge is 2.70. The summed E-state index contributed by atoms with van der Waals surface area (Å²) in [6.07, 6.45) is 1.62. The molecule has 0 amide bonds. The van der Waals surface area contributed by atoms with E-state index in [1.807, 2.05) is 0 Å². The molecule has 0 radical (unpaired) electrons. The van der Waals surface area contributed by atoms with Gasteiger partial charge in [-0.25, -0.2) is 0 Å². The molecule has 4 heteroatoms. The van der Waals surface area contributed by atoms with Gasteiger partial charge in [0.25, 0.3) is 10.1 Å². The first-order valence-electron chi connectivity index (χ1n) is 5.26. The average molecular weight is 218 g/mol. The number of hydrogen-bond acceptors (Lipinski definition) is 2. The topological polar surface area (TPSA) is 54.4 Å². The van der Waals surface area contributed by atoms with E-state index in [4.69, 9.17) is 0 Å². The lowest BCUT2D eigenvalue weighted by Crippen LogP contribution is -2.32. The van der Waals surface area contributed by atoms with Gasteiger partial charge in [0.2, 0.25) is 0 Å². The summed E-state index contributed by atoms with van der Waals surface area (Å²) >= 11 is 0. The maximum Gasteiger partial charge on any atom is 0.268 e. The van der Waals surface area contributed by atoms with E-state index in [9.17, 15) is 13.0 Å². The molecule has 2 rings (SSSR count). The van der Waals surface area contributed by atoms with Crippen molar-refractivity contribution in [3.05, 3.63) is 0 Å². The third kappa shape index (κ3) is 1.16. The molecule has 2 saturated carbocycles. The molecular weight excluding hydrogens is 200 g/mol. The first-order valence-corrected chi connectivity index (χ1v) is 6.76. The Morgan fingerprint density at radius 2 is 2.00 bits per heavy atom. The third-order valence-electron chi connectivity index (χ3n) is 4.41. The third-order valence-corrected chi connectivity index (χ3v) is 5.76. The molecule has 3 nitrogen and oxygen atoms in total. The Hall–Kier alpha value is -0.0900. The molecule has 14 heavy (non-hydrogen) atoms. The van der Waals surface area contributed by atoms with Crippen molar-refractivity contribution in [1.82, 2.24) is 0 Å². The van der Waals surface area contributed by atoms with Gasteiger partial charge in [0.1, 0.15) is 0 Å². The fourth-order valence-corrected chi connectivity index (χ4v) is 5.22. The summed E-state index contributed by atoms with van der Waals surface area (Å²) in [6, 6.07) is 0. The van der Waals surface area contributed by atoms with Crippen molar-refractivity contribution in [2.75, 3.05) is 0 Å². The van der Waals surface area contributed by atoms with Gasteiger partial charge in [-0.15, -0.1) is 0 Å². The van der Waals surface area contributed by atoms with Gasteiger partial charge < -0.3 is 0 Å². The standard InChI is InChI=1S/C10H18O3S/c1-6(2)10-5-8(10)7(3)4-9(10)14(11,12)13/h6-9H,4-5H2,1-3H3,(H,11,12,13). The fourth-order valence-electron chi connectivity index (χ4n) is 3.58. The molecule has 0 bridgehead atoms. The Kier molecular flexibility index (Phi) is 2.03. The minimum absolute atomic E-state index is 0.104. The lowest BCUT2D eigenvalue weighted by atomic mass is 9.89. The Balaban J connectivity index is 2.36. The molecule has 2 fully saturated rings. The summed E-state index contributed by atoms with van der Waals surface area (Å²) in [7, 11) is -3.85. The van der Waals surface area contributed by atoms with Crippen molar-refractivity contribution < 1.29 is 13.0 Å². The zero-order valence-corrected chi connectivity index (χ0v) is 9.71. The Morgan fingerprint density at radius 3 is 2.29 bits per heavy atom. The van der Waals surface area contributed by atoms with Crippen LogP contribution in [-0.2, 0) is 10.1 Å². The summed E-state index contributed by atoms with van der Waals surface area (Å²) < 4.78 is 31.8. The maximum absolute atomic E-state index is 11.3. The van der Waals surface area contributed by atoms with Crippen molar-refractivity contribution in [3.63, 3.8) is 0 Å². The van der Waals surface area contributed by atoms with Gasteiger partial charge in [-0.3, -0.25) is 4.55 Å². The molecule has 0 saturated heterocycles. The van der Waals surface area contributed by atoms with Gasteiger partial charge in [-0.2, -0.15) is 8.42 Å². The van der Waals surface area contributed by atoms with Gasteiger partial charge in [-0.05, 0) is 36.0 Å². The van der Waals surface area contributed by atoms with Crippen LogP contribution in [-0.4, -0.2) is 18.2 Å². The molecule has 2 aliphatic rings. The normalized spacial score (nSPS) is 46.8. The lowest BCUT2D eigenvalue weighted by Gasteiger charge is -2.24. The lowest BCUT2D eigenvalue weighted by molar-refractivity contribution is 0.326. The van der Waals surface area contributed by atoms with E-state index in [1.165, 1.54) is 0 Å². The van der Waals surface area contributed by atoms with Crippen LogP contribution in [0.3, 0.4) is 0 Å². The van der Waals surface area contributed by atoms with Gasteiger partial charge in [0.15, 0.2) is 0 Å². The van der Waals surface area contributed by atoms with Crippen LogP contribution >= 0.6 is 0 Å². The summed E-state index contributed by atoms with van der Waals surface area (Å²) in [4.78, 5) is 0.